The number of nitrogen functional groups attached to an aromatic ring is 1. The number of aliphatic hydroxyl groups is 1. The van der Waals surface area contributed by atoms with Gasteiger partial charge in [0.25, 0.3) is 5.56 Å². The lowest BCUT2D eigenvalue weighted by Crippen LogP contribution is -2.44. The van der Waals surface area contributed by atoms with Gasteiger partial charge in [-0.15, -0.1) is 6.58 Å². The molecule has 0 saturated heterocycles. The van der Waals surface area contributed by atoms with E-state index in [9.17, 15) is 9.59 Å². The maximum atomic E-state index is 12.3. The van der Waals surface area contributed by atoms with Crippen LogP contribution >= 0.6 is 0 Å². The highest BCUT2D eigenvalue weighted by atomic mass is 16.3. The van der Waals surface area contributed by atoms with Gasteiger partial charge in [-0.25, -0.2) is 4.79 Å². The summed E-state index contributed by atoms with van der Waals surface area (Å²) in [6.45, 7) is 6.61. The van der Waals surface area contributed by atoms with Gasteiger partial charge in [-0.1, -0.05) is 19.4 Å². The molecule has 1 aromatic heterocycles. The van der Waals surface area contributed by atoms with Crippen LogP contribution in [0.3, 0.4) is 0 Å². The number of nitrogens with two attached hydrogens (primary N) is 1. The predicted octanol–water partition coefficient (Wildman–Crippen LogP) is -0.0860. The Morgan fingerprint density at radius 1 is 1.43 bits per heavy atom. The first kappa shape index (κ1) is 17.0. The van der Waals surface area contributed by atoms with Gasteiger partial charge >= 0.3 is 5.69 Å². The van der Waals surface area contributed by atoms with Gasteiger partial charge in [0, 0.05) is 26.7 Å². The Labute approximate surface area is 123 Å². The van der Waals surface area contributed by atoms with Gasteiger partial charge in [0.05, 0.1) is 6.61 Å². The lowest BCUT2D eigenvalue weighted by Gasteiger charge is -2.25. The van der Waals surface area contributed by atoms with Crippen LogP contribution in [-0.2, 0) is 13.6 Å². The number of hydrogen-bond acceptors (Lipinski definition) is 5. The Balaban J connectivity index is 3.49. The number of anilines is 2. The van der Waals surface area contributed by atoms with Gasteiger partial charge in [0.15, 0.2) is 0 Å². The van der Waals surface area contributed by atoms with Crippen LogP contribution in [0.5, 0.6) is 0 Å². The average Bonchev–Trinajstić information content (AvgIpc) is 2.46. The molecule has 0 aromatic carbocycles. The number of nitrogens with zero attached hydrogens (tertiary/aromatic N) is 3. The molecule has 7 nitrogen and oxygen atoms in total. The topological polar surface area (TPSA) is 93.5 Å². The van der Waals surface area contributed by atoms with E-state index in [1.54, 1.807) is 11.0 Å². The van der Waals surface area contributed by atoms with E-state index in [1.807, 2.05) is 6.92 Å². The lowest BCUT2D eigenvalue weighted by atomic mass is 10.3. The molecule has 21 heavy (non-hydrogen) atoms. The van der Waals surface area contributed by atoms with Crippen molar-refractivity contribution in [2.45, 2.75) is 26.3 Å². The second-order valence-corrected chi connectivity index (χ2v) is 4.84. The molecule has 0 saturated carbocycles. The van der Waals surface area contributed by atoms with Gasteiger partial charge in [0.1, 0.15) is 11.5 Å². The molecule has 1 rings (SSSR count). The summed E-state index contributed by atoms with van der Waals surface area (Å²) in [4.78, 5) is 26.1. The summed E-state index contributed by atoms with van der Waals surface area (Å²) in [7, 11) is 1.43. The van der Waals surface area contributed by atoms with Crippen molar-refractivity contribution >= 4 is 11.5 Å². The van der Waals surface area contributed by atoms with Gasteiger partial charge < -0.3 is 15.7 Å². The maximum absolute atomic E-state index is 12.3. The molecule has 0 spiro atoms. The van der Waals surface area contributed by atoms with E-state index in [2.05, 4.69) is 6.58 Å². The summed E-state index contributed by atoms with van der Waals surface area (Å²) in [5, 5.41) is 9.15. The smallest absolute Gasteiger partial charge is 0.332 e. The van der Waals surface area contributed by atoms with Crippen molar-refractivity contribution in [2.75, 3.05) is 30.3 Å². The fourth-order valence-electron chi connectivity index (χ4n) is 2.17. The number of hydrogen-bond donors (Lipinski definition) is 2. The molecule has 1 heterocycles. The van der Waals surface area contributed by atoms with Crippen molar-refractivity contribution in [1.82, 2.24) is 9.13 Å². The SMILES string of the molecule is C=CCN(CCO)c1c(N)n(CCCC)c(=O)n(C)c1=O. The molecular formula is C14H24N4O3. The molecule has 0 aliphatic heterocycles. The molecule has 118 valence electrons. The van der Waals surface area contributed by atoms with E-state index in [1.165, 1.54) is 11.6 Å². The average molecular weight is 296 g/mol. The molecule has 7 heteroatoms. The van der Waals surface area contributed by atoms with Crippen molar-refractivity contribution in [1.29, 1.82) is 0 Å². The number of aliphatic hydroxyl groups excluding tert-OH is 1. The van der Waals surface area contributed by atoms with Crippen molar-refractivity contribution in [3.63, 3.8) is 0 Å². The van der Waals surface area contributed by atoms with Gasteiger partial charge in [0.2, 0.25) is 0 Å². The second-order valence-electron chi connectivity index (χ2n) is 4.84. The molecule has 0 unspecified atom stereocenters. The van der Waals surface area contributed by atoms with Crippen LogP contribution in [0, 0.1) is 0 Å². The Hall–Kier alpha value is -2.02. The summed E-state index contributed by atoms with van der Waals surface area (Å²) < 4.78 is 2.46. The Bertz CT molecular complexity index is 603. The number of rotatable bonds is 8. The van der Waals surface area contributed by atoms with E-state index in [0.29, 0.717) is 13.1 Å². The van der Waals surface area contributed by atoms with Crippen LogP contribution in [0.1, 0.15) is 19.8 Å². The molecule has 0 fully saturated rings. The fraction of sp³-hybridized carbons (Fsp3) is 0.571. The minimum absolute atomic E-state index is 0.121. The normalized spacial score (nSPS) is 10.6. The second kappa shape index (κ2) is 7.68. The Morgan fingerprint density at radius 3 is 2.62 bits per heavy atom. The summed E-state index contributed by atoms with van der Waals surface area (Å²) >= 11 is 0. The van der Waals surface area contributed by atoms with E-state index in [-0.39, 0.29) is 24.7 Å². The zero-order chi connectivity index (χ0) is 16.0. The molecular weight excluding hydrogens is 272 g/mol. The number of aromatic nitrogens is 2. The van der Waals surface area contributed by atoms with Crippen LogP contribution in [0.15, 0.2) is 22.2 Å². The zero-order valence-corrected chi connectivity index (χ0v) is 12.7. The summed E-state index contributed by atoms with van der Waals surface area (Å²) in [5.74, 6) is 0.145. The van der Waals surface area contributed by atoms with Crippen LogP contribution < -0.4 is 21.9 Å². The van der Waals surface area contributed by atoms with Gasteiger partial charge in [-0.3, -0.25) is 13.9 Å². The van der Waals surface area contributed by atoms with E-state index < -0.39 is 11.2 Å². The highest BCUT2D eigenvalue weighted by Gasteiger charge is 2.19. The lowest BCUT2D eigenvalue weighted by molar-refractivity contribution is 0.303. The van der Waals surface area contributed by atoms with Crippen LogP contribution in [0.25, 0.3) is 0 Å². The zero-order valence-electron chi connectivity index (χ0n) is 12.7. The van der Waals surface area contributed by atoms with Crippen molar-refractivity contribution in [2.24, 2.45) is 7.05 Å². The van der Waals surface area contributed by atoms with Crippen molar-refractivity contribution < 1.29 is 5.11 Å². The molecule has 0 aliphatic rings. The molecule has 0 amide bonds. The third kappa shape index (κ3) is 3.55. The summed E-state index contributed by atoms with van der Waals surface area (Å²) in [6.07, 6.45) is 3.33. The Kier molecular flexibility index (Phi) is 6.23. The molecule has 0 atom stereocenters. The standard InChI is InChI=1S/C14H24N4O3/c1-4-6-8-18-12(15)11(13(20)16(3)14(18)21)17(7-5-2)9-10-19/h5,19H,2,4,6-10,15H2,1,3H3. The van der Waals surface area contributed by atoms with Gasteiger partial charge in [-0.05, 0) is 6.42 Å². The Morgan fingerprint density at radius 2 is 2.10 bits per heavy atom. The summed E-state index contributed by atoms with van der Waals surface area (Å²) in [6, 6.07) is 0. The van der Waals surface area contributed by atoms with Crippen LogP contribution in [0.2, 0.25) is 0 Å². The van der Waals surface area contributed by atoms with E-state index in [0.717, 1.165) is 17.4 Å². The minimum atomic E-state index is -0.458. The fourth-order valence-corrected chi connectivity index (χ4v) is 2.17. The van der Waals surface area contributed by atoms with Crippen molar-refractivity contribution in [3.8, 4) is 0 Å². The first-order valence-corrected chi connectivity index (χ1v) is 7.05. The predicted molar refractivity (Wildman–Crippen MR) is 84.8 cm³/mol. The molecule has 0 aliphatic carbocycles. The highest BCUT2D eigenvalue weighted by Crippen LogP contribution is 2.17. The molecule has 1 aromatic rings. The maximum Gasteiger partial charge on any atom is 0.332 e. The largest absolute Gasteiger partial charge is 0.395 e. The number of unbranched alkanes of at least 4 members (excludes halogenated alkanes) is 1. The van der Waals surface area contributed by atoms with Crippen LogP contribution in [-0.4, -0.2) is 33.9 Å². The van der Waals surface area contributed by atoms with Crippen molar-refractivity contribution in [3.05, 3.63) is 33.5 Å². The van der Waals surface area contributed by atoms with Crippen LogP contribution in [0.4, 0.5) is 11.5 Å². The molecule has 0 radical (unpaired) electrons. The van der Waals surface area contributed by atoms with E-state index >= 15 is 0 Å². The highest BCUT2D eigenvalue weighted by molar-refractivity contribution is 5.63. The molecule has 3 N–H and O–H groups in total. The summed E-state index contributed by atoms with van der Waals surface area (Å²) in [5.41, 5.74) is 5.41. The van der Waals surface area contributed by atoms with E-state index in [4.69, 9.17) is 10.8 Å². The quantitative estimate of drug-likeness (QED) is 0.654. The molecule has 0 bridgehead atoms. The monoisotopic (exact) mass is 296 g/mol. The first-order chi connectivity index (χ1) is 9.99. The third-order valence-electron chi connectivity index (χ3n) is 3.33. The minimum Gasteiger partial charge on any atom is -0.395 e. The third-order valence-corrected chi connectivity index (χ3v) is 3.33. The van der Waals surface area contributed by atoms with Gasteiger partial charge in [-0.2, -0.15) is 0 Å². The first-order valence-electron chi connectivity index (χ1n) is 7.05.